The highest BCUT2D eigenvalue weighted by Crippen LogP contribution is 2.26. The number of hydrogen-bond donors (Lipinski definition) is 2. The van der Waals surface area contributed by atoms with Gasteiger partial charge < -0.3 is 15.2 Å². The molecule has 4 nitrogen and oxygen atoms in total. The van der Waals surface area contributed by atoms with Gasteiger partial charge in [-0.3, -0.25) is 4.79 Å². The Kier molecular flexibility index (Phi) is 7.18. The maximum absolute atomic E-state index is 12.2. The third-order valence-corrected chi connectivity index (χ3v) is 5.23. The lowest BCUT2D eigenvalue weighted by Gasteiger charge is -2.19. The Balaban J connectivity index is 1.68. The second-order valence-corrected chi connectivity index (χ2v) is 9.20. The maximum Gasteiger partial charge on any atom is 0.248 e. The summed E-state index contributed by atoms with van der Waals surface area (Å²) < 4.78 is 6.93. The van der Waals surface area contributed by atoms with Crippen molar-refractivity contribution in [1.82, 2.24) is 0 Å². The molecule has 0 aliphatic carbocycles. The molecule has 0 bridgehead atoms. The molecule has 160 valence electrons. The van der Waals surface area contributed by atoms with Crippen LogP contribution in [0.4, 0.5) is 5.69 Å². The minimum atomic E-state index is -0.269. The number of carbonyl (C=O) groups excluding carboxylic acids is 1. The van der Waals surface area contributed by atoms with E-state index in [-0.39, 0.29) is 17.1 Å². The number of nitrogens with one attached hydrogen (secondary N) is 1. The van der Waals surface area contributed by atoms with Crippen molar-refractivity contribution in [2.75, 3.05) is 5.32 Å². The largest absolute Gasteiger partial charge is 0.508 e. The normalized spacial score (nSPS) is 11.5. The summed E-state index contributed by atoms with van der Waals surface area (Å²) in [6, 6.07) is 20.4. The standard InChI is InChI=1S/C26H26BrNO3/c1-26(2,3)20-7-4-18(5-8-20)17-31-24-14-9-21(27)16-19(24)6-15-25(30)28-22-10-12-23(29)13-11-22/h4-16,29H,17H2,1-3H3,(H,28,30)/b15-6+. The number of benzene rings is 3. The van der Waals surface area contributed by atoms with Crippen LogP contribution in [0.5, 0.6) is 11.5 Å². The molecule has 0 aliphatic heterocycles. The van der Waals surface area contributed by atoms with E-state index in [1.165, 1.54) is 23.8 Å². The van der Waals surface area contributed by atoms with Crippen molar-refractivity contribution < 1.29 is 14.6 Å². The Morgan fingerprint density at radius 2 is 1.71 bits per heavy atom. The zero-order valence-corrected chi connectivity index (χ0v) is 19.4. The molecule has 0 spiro atoms. The lowest BCUT2D eigenvalue weighted by molar-refractivity contribution is -0.111. The molecule has 0 fully saturated rings. The molecule has 0 radical (unpaired) electrons. The molecule has 2 N–H and O–H groups in total. The van der Waals surface area contributed by atoms with E-state index in [4.69, 9.17) is 4.74 Å². The number of carbonyl (C=O) groups is 1. The van der Waals surface area contributed by atoms with E-state index in [0.717, 1.165) is 15.6 Å². The summed E-state index contributed by atoms with van der Waals surface area (Å²) >= 11 is 3.47. The van der Waals surface area contributed by atoms with Gasteiger partial charge in [-0.05, 0) is 65.1 Å². The van der Waals surface area contributed by atoms with Crippen molar-refractivity contribution >= 4 is 33.6 Å². The first-order valence-corrected chi connectivity index (χ1v) is 10.8. The smallest absolute Gasteiger partial charge is 0.248 e. The van der Waals surface area contributed by atoms with Crippen LogP contribution in [0, 0.1) is 0 Å². The van der Waals surface area contributed by atoms with Crippen molar-refractivity contribution in [3.63, 3.8) is 0 Å². The molecular weight excluding hydrogens is 454 g/mol. The molecule has 3 rings (SSSR count). The van der Waals surface area contributed by atoms with E-state index >= 15 is 0 Å². The molecule has 0 aliphatic rings. The van der Waals surface area contributed by atoms with Crippen molar-refractivity contribution in [2.45, 2.75) is 32.8 Å². The zero-order valence-electron chi connectivity index (χ0n) is 17.9. The molecule has 0 heterocycles. The van der Waals surface area contributed by atoms with Gasteiger partial charge in [-0.25, -0.2) is 0 Å². The van der Waals surface area contributed by atoms with Crippen LogP contribution in [0.3, 0.4) is 0 Å². The first-order chi connectivity index (χ1) is 14.7. The van der Waals surface area contributed by atoms with Gasteiger partial charge >= 0.3 is 0 Å². The van der Waals surface area contributed by atoms with E-state index in [0.29, 0.717) is 18.0 Å². The van der Waals surface area contributed by atoms with E-state index in [2.05, 4.69) is 66.3 Å². The predicted octanol–water partition coefficient (Wildman–Crippen LogP) is 6.68. The minimum Gasteiger partial charge on any atom is -0.508 e. The van der Waals surface area contributed by atoms with Crippen molar-refractivity contribution in [1.29, 1.82) is 0 Å². The fourth-order valence-corrected chi connectivity index (χ4v) is 3.32. The lowest BCUT2D eigenvalue weighted by Crippen LogP contribution is -2.10. The number of phenolic OH excluding ortho intramolecular Hbond substituents is 1. The Bertz CT molecular complexity index is 1070. The van der Waals surface area contributed by atoms with Gasteiger partial charge in [-0.2, -0.15) is 0 Å². The van der Waals surface area contributed by atoms with Crippen LogP contribution in [-0.2, 0) is 16.8 Å². The molecule has 5 heteroatoms. The third-order valence-electron chi connectivity index (χ3n) is 4.74. The van der Waals surface area contributed by atoms with E-state index in [9.17, 15) is 9.90 Å². The SMILES string of the molecule is CC(C)(C)c1ccc(COc2ccc(Br)cc2/C=C/C(=O)Nc2ccc(O)cc2)cc1. The van der Waals surface area contributed by atoms with Gasteiger partial charge in [0.1, 0.15) is 18.1 Å². The van der Waals surface area contributed by atoms with Crippen LogP contribution in [0.15, 0.2) is 77.3 Å². The summed E-state index contributed by atoms with van der Waals surface area (Å²) in [5.41, 5.74) is 3.88. The van der Waals surface area contributed by atoms with Gasteiger partial charge in [0.05, 0.1) is 0 Å². The first kappa shape index (κ1) is 22.6. The highest BCUT2D eigenvalue weighted by atomic mass is 79.9. The van der Waals surface area contributed by atoms with Gasteiger partial charge in [0.25, 0.3) is 0 Å². The van der Waals surface area contributed by atoms with Gasteiger partial charge in [0.2, 0.25) is 5.91 Å². The summed E-state index contributed by atoms with van der Waals surface area (Å²) in [6.07, 6.45) is 3.18. The molecule has 0 atom stereocenters. The number of halogens is 1. The van der Waals surface area contributed by atoms with Gasteiger partial charge in [0.15, 0.2) is 0 Å². The monoisotopic (exact) mass is 479 g/mol. The molecule has 0 aromatic heterocycles. The van der Waals surface area contributed by atoms with Crippen molar-refractivity contribution in [3.05, 3.63) is 94.0 Å². The third kappa shape index (κ3) is 6.72. The molecule has 0 saturated heterocycles. The fourth-order valence-electron chi connectivity index (χ4n) is 2.94. The van der Waals surface area contributed by atoms with Gasteiger partial charge in [0, 0.05) is 21.8 Å². The van der Waals surface area contributed by atoms with Crippen molar-refractivity contribution in [2.24, 2.45) is 0 Å². The van der Waals surface area contributed by atoms with E-state index in [1.54, 1.807) is 18.2 Å². The number of aromatic hydroxyl groups is 1. The second kappa shape index (κ2) is 9.84. The zero-order chi connectivity index (χ0) is 22.4. The topological polar surface area (TPSA) is 58.6 Å². The Hall–Kier alpha value is -3.05. The van der Waals surface area contributed by atoms with Crippen LogP contribution >= 0.6 is 15.9 Å². The van der Waals surface area contributed by atoms with Crippen LogP contribution in [0.2, 0.25) is 0 Å². The fraction of sp³-hybridized carbons (Fsp3) is 0.192. The summed E-state index contributed by atoms with van der Waals surface area (Å²) in [7, 11) is 0. The highest BCUT2D eigenvalue weighted by molar-refractivity contribution is 9.10. The molecule has 1 amide bonds. The highest BCUT2D eigenvalue weighted by Gasteiger charge is 2.13. The lowest BCUT2D eigenvalue weighted by atomic mass is 9.87. The molecular formula is C26H26BrNO3. The van der Waals surface area contributed by atoms with Gasteiger partial charge in [-0.15, -0.1) is 0 Å². The predicted molar refractivity (Wildman–Crippen MR) is 129 cm³/mol. The molecule has 31 heavy (non-hydrogen) atoms. The minimum absolute atomic E-state index is 0.115. The molecule has 3 aromatic carbocycles. The van der Waals surface area contributed by atoms with Crippen LogP contribution < -0.4 is 10.1 Å². The summed E-state index contributed by atoms with van der Waals surface area (Å²) in [5, 5.41) is 12.1. The van der Waals surface area contributed by atoms with Crippen LogP contribution in [-0.4, -0.2) is 11.0 Å². The average Bonchev–Trinajstić information content (AvgIpc) is 2.73. The Morgan fingerprint density at radius 3 is 2.35 bits per heavy atom. The average molecular weight is 480 g/mol. The number of rotatable bonds is 6. The quantitative estimate of drug-likeness (QED) is 0.306. The number of phenols is 1. The molecule has 0 saturated carbocycles. The van der Waals surface area contributed by atoms with E-state index in [1.807, 2.05) is 18.2 Å². The molecule has 0 unspecified atom stereocenters. The molecule has 3 aromatic rings. The summed E-state index contributed by atoms with van der Waals surface area (Å²) in [4.78, 5) is 12.2. The van der Waals surface area contributed by atoms with E-state index < -0.39 is 0 Å². The van der Waals surface area contributed by atoms with Crippen LogP contribution in [0.25, 0.3) is 6.08 Å². The summed E-state index contributed by atoms with van der Waals surface area (Å²) in [5.74, 6) is 0.573. The summed E-state index contributed by atoms with van der Waals surface area (Å²) in [6.45, 7) is 7.01. The number of amides is 1. The van der Waals surface area contributed by atoms with Gasteiger partial charge in [-0.1, -0.05) is 61.0 Å². The second-order valence-electron chi connectivity index (χ2n) is 8.29. The first-order valence-electron chi connectivity index (χ1n) is 10.0. The number of anilines is 1. The Labute approximate surface area is 191 Å². The Morgan fingerprint density at radius 1 is 1.03 bits per heavy atom. The number of ether oxygens (including phenoxy) is 1. The van der Waals surface area contributed by atoms with Crippen molar-refractivity contribution in [3.8, 4) is 11.5 Å². The maximum atomic E-state index is 12.2. The number of hydrogen-bond acceptors (Lipinski definition) is 3. The van der Waals surface area contributed by atoms with Crippen LogP contribution in [0.1, 0.15) is 37.5 Å².